The average Bonchev–Trinajstić information content (AvgIpc) is 2.79. The van der Waals surface area contributed by atoms with E-state index in [2.05, 4.69) is 9.94 Å². The summed E-state index contributed by atoms with van der Waals surface area (Å²) in [6.45, 7) is 8.75. The number of carboxylic acids is 2. The Balaban J connectivity index is 2.30. The molecular weight excluding hydrogens is 262 g/mol. The van der Waals surface area contributed by atoms with Crippen molar-refractivity contribution in [1.82, 2.24) is 9.78 Å². The van der Waals surface area contributed by atoms with E-state index in [1.54, 1.807) is 11.6 Å². The van der Waals surface area contributed by atoms with Crippen molar-refractivity contribution >= 4 is 17.6 Å². The number of hydrogen-bond acceptors (Lipinski definition) is 3. The fourth-order valence-corrected chi connectivity index (χ4v) is 2.78. The molecule has 2 unspecified atom stereocenters. The van der Waals surface area contributed by atoms with Crippen LogP contribution in [0.5, 0.6) is 0 Å². The molecule has 1 aromatic heterocycles. The maximum Gasteiger partial charge on any atom is 0.306 e. The molecule has 2 N–H and O–H groups in total. The Morgan fingerprint density at radius 1 is 1.30 bits per heavy atom. The second-order valence-corrected chi connectivity index (χ2v) is 5.10. The maximum atomic E-state index is 11.2. The molecule has 0 radical (unpaired) electrons. The highest BCUT2D eigenvalue weighted by Crippen LogP contribution is 2.38. The van der Waals surface area contributed by atoms with Gasteiger partial charge in [0.1, 0.15) is 0 Å². The zero-order chi connectivity index (χ0) is 14.9. The first-order chi connectivity index (χ1) is 9.43. The molecule has 1 saturated carbocycles. The minimum Gasteiger partial charge on any atom is -0.481 e. The summed E-state index contributed by atoms with van der Waals surface area (Å²) in [6, 6.07) is -0.290. The predicted octanol–water partition coefficient (Wildman–Crippen LogP) is 1.87. The second kappa shape index (κ2) is 5.33. The Morgan fingerprint density at radius 2 is 1.85 bits per heavy atom. The van der Waals surface area contributed by atoms with Crippen LogP contribution in [0, 0.1) is 25.3 Å². The van der Waals surface area contributed by atoms with Gasteiger partial charge < -0.3 is 10.2 Å². The molecule has 1 aliphatic rings. The number of aromatic nitrogens is 2. The van der Waals surface area contributed by atoms with E-state index in [9.17, 15) is 9.59 Å². The molecule has 7 nitrogen and oxygen atoms in total. The summed E-state index contributed by atoms with van der Waals surface area (Å²) in [6.07, 6.45) is 2.28. The molecule has 2 rings (SSSR count). The Bertz CT molecular complexity index is 565. The highest BCUT2D eigenvalue weighted by atomic mass is 16.4. The molecule has 0 spiro atoms. The van der Waals surface area contributed by atoms with Crippen LogP contribution in [-0.4, -0.2) is 31.9 Å². The average molecular weight is 277 g/mol. The lowest BCUT2D eigenvalue weighted by Crippen LogP contribution is -2.33. The Hall–Kier alpha value is -2.36. The molecular formula is C13H15N3O4. The minimum absolute atomic E-state index is 0.150. The summed E-state index contributed by atoms with van der Waals surface area (Å²) in [5, 5.41) is 22.4. The van der Waals surface area contributed by atoms with Gasteiger partial charge in [0.15, 0.2) is 0 Å². The van der Waals surface area contributed by atoms with Gasteiger partial charge in [0.25, 0.3) is 0 Å². The molecule has 7 heteroatoms. The van der Waals surface area contributed by atoms with Crippen molar-refractivity contribution in [2.75, 3.05) is 0 Å². The third-order valence-corrected chi connectivity index (χ3v) is 3.87. The molecule has 0 bridgehead atoms. The quantitative estimate of drug-likeness (QED) is 0.822. The van der Waals surface area contributed by atoms with Gasteiger partial charge in [-0.2, -0.15) is 5.10 Å². The summed E-state index contributed by atoms with van der Waals surface area (Å²) in [7, 11) is 0. The van der Waals surface area contributed by atoms with E-state index in [4.69, 9.17) is 16.8 Å². The van der Waals surface area contributed by atoms with Crippen LogP contribution < -0.4 is 0 Å². The van der Waals surface area contributed by atoms with E-state index in [-0.39, 0.29) is 12.5 Å². The topological polar surface area (TPSA) is 96.8 Å². The third-order valence-electron chi connectivity index (χ3n) is 3.87. The predicted molar refractivity (Wildman–Crippen MR) is 68.4 cm³/mol. The molecule has 1 fully saturated rings. The molecule has 106 valence electrons. The van der Waals surface area contributed by atoms with Crippen LogP contribution in [0.1, 0.15) is 31.0 Å². The van der Waals surface area contributed by atoms with E-state index in [0.29, 0.717) is 24.2 Å². The maximum absolute atomic E-state index is 11.2. The number of carbonyl (C=O) groups is 2. The summed E-state index contributed by atoms with van der Waals surface area (Å²) >= 11 is 0. The summed E-state index contributed by atoms with van der Waals surface area (Å²) in [4.78, 5) is 25.7. The Labute approximate surface area is 115 Å². The standard InChI is InChI=1S/C13H15N3O4/c1-7-11(14-2)6-15-16(7)10-4-8(12(17)18)3-9(5-10)13(19)20/h6,8-10H,3-5H2,1H3,(H,17,18)(H,19,20). The zero-order valence-corrected chi connectivity index (χ0v) is 11.0. The van der Waals surface area contributed by atoms with E-state index < -0.39 is 23.8 Å². The van der Waals surface area contributed by atoms with Crippen LogP contribution in [-0.2, 0) is 9.59 Å². The second-order valence-electron chi connectivity index (χ2n) is 5.10. The van der Waals surface area contributed by atoms with Crippen LogP contribution >= 0.6 is 0 Å². The van der Waals surface area contributed by atoms with Crippen molar-refractivity contribution in [2.45, 2.75) is 32.2 Å². The van der Waals surface area contributed by atoms with Crippen molar-refractivity contribution in [2.24, 2.45) is 11.8 Å². The number of aliphatic carboxylic acids is 2. The zero-order valence-electron chi connectivity index (χ0n) is 11.0. The van der Waals surface area contributed by atoms with Gasteiger partial charge in [0, 0.05) is 5.69 Å². The van der Waals surface area contributed by atoms with Crippen molar-refractivity contribution in [3.8, 4) is 0 Å². The van der Waals surface area contributed by atoms with Crippen molar-refractivity contribution in [3.05, 3.63) is 23.3 Å². The van der Waals surface area contributed by atoms with Crippen LogP contribution in [0.25, 0.3) is 4.85 Å². The minimum atomic E-state index is -0.976. The van der Waals surface area contributed by atoms with Crippen LogP contribution in [0.4, 0.5) is 5.69 Å². The smallest absolute Gasteiger partial charge is 0.306 e. The lowest BCUT2D eigenvalue weighted by molar-refractivity contribution is -0.149. The molecule has 0 aliphatic heterocycles. The van der Waals surface area contributed by atoms with Crippen LogP contribution in [0.2, 0.25) is 0 Å². The fourth-order valence-electron chi connectivity index (χ4n) is 2.78. The van der Waals surface area contributed by atoms with Crippen LogP contribution in [0.3, 0.4) is 0 Å². The molecule has 1 aliphatic carbocycles. The van der Waals surface area contributed by atoms with Gasteiger partial charge in [0.2, 0.25) is 5.69 Å². The number of hydrogen-bond donors (Lipinski definition) is 2. The monoisotopic (exact) mass is 277 g/mol. The summed E-state index contributed by atoms with van der Waals surface area (Å²) < 4.78 is 1.60. The van der Waals surface area contributed by atoms with E-state index in [1.165, 1.54) is 6.20 Å². The molecule has 1 heterocycles. The van der Waals surface area contributed by atoms with Crippen molar-refractivity contribution in [3.63, 3.8) is 0 Å². The number of carboxylic acid groups (broad SMARTS) is 2. The van der Waals surface area contributed by atoms with Gasteiger partial charge in [-0.1, -0.05) is 0 Å². The molecule has 2 atom stereocenters. The number of nitrogens with zero attached hydrogens (tertiary/aromatic N) is 3. The highest BCUT2D eigenvalue weighted by molar-refractivity contribution is 5.74. The van der Waals surface area contributed by atoms with Gasteiger partial charge >= 0.3 is 11.9 Å². The molecule has 0 saturated heterocycles. The lowest BCUT2D eigenvalue weighted by atomic mass is 9.78. The highest BCUT2D eigenvalue weighted by Gasteiger charge is 2.37. The first-order valence-electron chi connectivity index (χ1n) is 6.31. The summed E-state index contributed by atoms with van der Waals surface area (Å²) in [5.74, 6) is -3.32. The van der Waals surface area contributed by atoms with E-state index >= 15 is 0 Å². The van der Waals surface area contributed by atoms with Gasteiger partial charge in [-0.3, -0.25) is 14.3 Å². The largest absolute Gasteiger partial charge is 0.481 e. The van der Waals surface area contributed by atoms with E-state index in [0.717, 1.165) is 0 Å². The van der Waals surface area contributed by atoms with Crippen LogP contribution in [0.15, 0.2) is 6.20 Å². The summed E-state index contributed by atoms with van der Waals surface area (Å²) in [5.41, 5.74) is 1.06. The SMILES string of the molecule is [C-]#[N+]c1cnn(C2CC(C(=O)O)CC(C(=O)O)C2)c1C. The number of rotatable bonds is 3. The third kappa shape index (κ3) is 2.50. The van der Waals surface area contributed by atoms with E-state index in [1.807, 2.05) is 0 Å². The van der Waals surface area contributed by atoms with Crippen molar-refractivity contribution < 1.29 is 19.8 Å². The molecule has 0 amide bonds. The lowest BCUT2D eigenvalue weighted by Gasteiger charge is -2.31. The van der Waals surface area contributed by atoms with Gasteiger partial charge in [-0.25, -0.2) is 4.85 Å². The fraction of sp³-hybridized carbons (Fsp3) is 0.538. The Kier molecular flexibility index (Phi) is 3.74. The molecule has 20 heavy (non-hydrogen) atoms. The normalized spacial score (nSPS) is 25.9. The van der Waals surface area contributed by atoms with Crippen molar-refractivity contribution in [1.29, 1.82) is 0 Å². The molecule has 1 aromatic rings. The van der Waals surface area contributed by atoms with Gasteiger partial charge in [-0.15, -0.1) is 0 Å². The van der Waals surface area contributed by atoms with Gasteiger partial charge in [-0.05, 0) is 26.2 Å². The van der Waals surface area contributed by atoms with Gasteiger partial charge in [0.05, 0.1) is 30.6 Å². The first kappa shape index (κ1) is 14.1. The molecule has 0 aromatic carbocycles. The Morgan fingerprint density at radius 3 is 2.25 bits per heavy atom. The first-order valence-corrected chi connectivity index (χ1v) is 6.31.